The minimum Gasteiger partial charge on any atom is -0.468 e. The molecular weight excluding hydrogens is 374 g/mol. The molecule has 6 heteroatoms. The zero-order chi connectivity index (χ0) is 21.3. The molecule has 2 heterocycles. The van der Waals surface area contributed by atoms with Crippen LogP contribution in [0.25, 0.3) is 0 Å². The molecule has 0 spiro atoms. The highest BCUT2D eigenvalue weighted by Gasteiger charge is 2.26. The summed E-state index contributed by atoms with van der Waals surface area (Å²) in [6.45, 7) is 8.06. The van der Waals surface area contributed by atoms with Gasteiger partial charge >= 0.3 is 0 Å². The second-order valence-corrected chi connectivity index (χ2v) is 8.39. The van der Waals surface area contributed by atoms with E-state index in [1.807, 2.05) is 12.1 Å². The molecule has 3 atom stereocenters. The molecular formula is C24H37N5O. The molecule has 0 aliphatic carbocycles. The molecule has 0 amide bonds. The van der Waals surface area contributed by atoms with Gasteiger partial charge in [0.1, 0.15) is 5.76 Å². The van der Waals surface area contributed by atoms with E-state index in [1.54, 1.807) is 6.26 Å². The number of furan rings is 1. The highest BCUT2D eigenvalue weighted by molar-refractivity contribution is 5.80. The van der Waals surface area contributed by atoms with Crippen LogP contribution in [0.15, 0.2) is 58.1 Å². The number of likely N-dealkylation sites (tertiary alicyclic amines) is 1. The average molecular weight is 412 g/mol. The third kappa shape index (κ3) is 6.34. The van der Waals surface area contributed by atoms with Gasteiger partial charge in [-0.3, -0.25) is 14.8 Å². The van der Waals surface area contributed by atoms with Crippen LogP contribution in [0.5, 0.6) is 0 Å². The molecule has 1 saturated heterocycles. The van der Waals surface area contributed by atoms with E-state index in [9.17, 15) is 0 Å². The van der Waals surface area contributed by atoms with Crippen LogP contribution >= 0.6 is 0 Å². The van der Waals surface area contributed by atoms with E-state index in [1.165, 1.54) is 5.56 Å². The van der Waals surface area contributed by atoms with Gasteiger partial charge < -0.3 is 15.1 Å². The van der Waals surface area contributed by atoms with Crippen LogP contribution in [0, 0.1) is 0 Å². The number of rotatable bonds is 8. The number of likely N-dealkylation sites (N-methyl/N-ethyl adjacent to an activating group) is 1. The van der Waals surface area contributed by atoms with Crippen LogP contribution in [0.2, 0.25) is 0 Å². The van der Waals surface area contributed by atoms with Crippen molar-refractivity contribution in [1.82, 2.24) is 20.4 Å². The van der Waals surface area contributed by atoms with Crippen molar-refractivity contribution in [3.05, 3.63) is 60.1 Å². The Morgan fingerprint density at radius 2 is 2.03 bits per heavy atom. The summed E-state index contributed by atoms with van der Waals surface area (Å²) < 4.78 is 5.62. The zero-order valence-electron chi connectivity index (χ0n) is 18.8. The molecule has 1 aliphatic rings. The van der Waals surface area contributed by atoms with Gasteiger partial charge in [0.2, 0.25) is 0 Å². The van der Waals surface area contributed by atoms with Gasteiger partial charge in [-0.15, -0.1) is 0 Å². The molecule has 30 heavy (non-hydrogen) atoms. The largest absolute Gasteiger partial charge is 0.468 e. The van der Waals surface area contributed by atoms with E-state index < -0.39 is 0 Å². The number of aliphatic imine (C=N–C) groups is 1. The average Bonchev–Trinajstić information content (AvgIpc) is 3.25. The summed E-state index contributed by atoms with van der Waals surface area (Å²) in [7, 11) is 4.13. The van der Waals surface area contributed by atoms with Crippen LogP contribution in [0.1, 0.15) is 44.1 Å². The van der Waals surface area contributed by atoms with Gasteiger partial charge in [-0.1, -0.05) is 30.3 Å². The van der Waals surface area contributed by atoms with Crippen molar-refractivity contribution in [2.45, 2.75) is 51.4 Å². The Labute approximate surface area is 181 Å². The van der Waals surface area contributed by atoms with Crippen molar-refractivity contribution >= 4 is 5.96 Å². The summed E-state index contributed by atoms with van der Waals surface area (Å²) in [5.41, 5.74) is 1.39. The first-order chi connectivity index (χ1) is 14.6. The first-order valence-electron chi connectivity index (χ1n) is 11.1. The summed E-state index contributed by atoms with van der Waals surface area (Å²) in [4.78, 5) is 9.60. The fourth-order valence-electron chi connectivity index (χ4n) is 4.08. The molecule has 2 N–H and O–H groups in total. The highest BCUT2D eigenvalue weighted by Crippen LogP contribution is 2.21. The van der Waals surface area contributed by atoms with Gasteiger partial charge in [0.25, 0.3) is 0 Å². The van der Waals surface area contributed by atoms with Crippen molar-refractivity contribution in [2.24, 2.45) is 4.99 Å². The predicted octanol–water partition coefficient (Wildman–Crippen LogP) is 3.49. The maximum Gasteiger partial charge on any atom is 0.191 e. The van der Waals surface area contributed by atoms with E-state index in [0.29, 0.717) is 18.6 Å². The summed E-state index contributed by atoms with van der Waals surface area (Å²) in [6, 6.07) is 15.8. The predicted molar refractivity (Wildman–Crippen MR) is 124 cm³/mol. The van der Waals surface area contributed by atoms with Crippen molar-refractivity contribution in [3.63, 3.8) is 0 Å². The van der Waals surface area contributed by atoms with E-state index in [4.69, 9.17) is 9.41 Å². The Morgan fingerprint density at radius 3 is 2.67 bits per heavy atom. The first-order valence-corrected chi connectivity index (χ1v) is 11.1. The fourth-order valence-corrected chi connectivity index (χ4v) is 4.08. The molecule has 1 aromatic heterocycles. The second kappa shape index (κ2) is 11.2. The minimum absolute atomic E-state index is 0.127. The normalized spacial score (nSPS) is 21.6. The maximum atomic E-state index is 5.62. The molecule has 1 aromatic carbocycles. The minimum atomic E-state index is 0.127. The standard InChI is InChI=1S/C24H37N5O/c1-5-25-24(26-17-22(28(3)4)23-12-9-15-30-23)27-21-13-14-29(19(2)16-21)18-20-10-7-6-8-11-20/h6-12,15,19,21-22H,5,13-14,16-18H2,1-4H3,(H2,25,26,27). The Morgan fingerprint density at radius 1 is 1.23 bits per heavy atom. The molecule has 6 nitrogen and oxygen atoms in total. The number of benzene rings is 1. The molecule has 3 rings (SSSR count). The van der Waals surface area contributed by atoms with Crippen molar-refractivity contribution in [1.29, 1.82) is 0 Å². The lowest BCUT2D eigenvalue weighted by atomic mass is 9.97. The van der Waals surface area contributed by atoms with Crippen molar-refractivity contribution in [2.75, 3.05) is 33.7 Å². The Kier molecular flexibility index (Phi) is 8.34. The van der Waals surface area contributed by atoms with E-state index in [-0.39, 0.29) is 6.04 Å². The van der Waals surface area contributed by atoms with Crippen LogP contribution in [-0.2, 0) is 6.54 Å². The first kappa shape index (κ1) is 22.4. The molecule has 0 saturated carbocycles. The molecule has 1 aliphatic heterocycles. The quantitative estimate of drug-likeness (QED) is 0.514. The van der Waals surface area contributed by atoms with E-state index in [0.717, 1.165) is 44.2 Å². The third-order valence-electron chi connectivity index (χ3n) is 5.84. The summed E-state index contributed by atoms with van der Waals surface area (Å²) in [5.74, 6) is 1.84. The van der Waals surface area contributed by atoms with Gasteiger partial charge in [-0.05, 0) is 58.5 Å². The molecule has 0 radical (unpaired) electrons. The smallest absolute Gasteiger partial charge is 0.191 e. The van der Waals surface area contributed by atoms with Crippen molar-refractivity contribution in [3.8, 4) is 0 Å². The number of hydrogen-bond donors (Lipinski definition) is 2. The number of hydrogen-bond acceptors (Lipinski definition) is 4. The lowest BCUT2D eigenvalue weighted by Gasteiger charge is -2.38. The molecule has 164 valence electrons. The van der Waals surface area contributed by atoms with Gasteiger partial charge in [-0.25, -0.2) is 0 Å². The summed E-state index contributed by atoms with van der Waals surface area (Å²) in [5, 5.41) is 7.09. The number of nitrogens with one attached hydrogen (secondary N) is 2. The van der Waals surface area contributed by atoms with E-state index >= 15 is 0 Å². The van der Waals surface area contributed by atoms with Crippen LogP contribution in [0.4, 0.5) is 0 Å². The Balaban J connectivity index is 1.56. The number of guanidine groups is 1. The van der Waals surface area contributed by atoms with Gasteiger partial charge in [0, 0.05) is 31.7 Å². The Bertz CT molecular complexity index is 759. The second-order valence-electron chi connectivity index (χ2n) is 8.39. The molecule has 2 aromatic rings. The highest BCUT2D eigenvalue weighted by atomic mass is 16.3. The number of piperidine rings is 1. The fraction of sp³-hybridized carbons (Fsp3) is 0.542. The molecule has 3 unspecified atom stereocenters. The summed E-state index contributed by atoms with van der Waals surface area (Å²) in [6.07, 6.45) is 3.97. The van der Waals surface area contributed by atoms with Crippen LogP contribution < -0.4 is 10.6 Å². The topological polar surface area (TPSA) is 56.0 Å². The monoisotopic (exact) mass is 411 g/mol. The molecule has 0 bridgehead atoms. The third-order valence-corrected chi connectivity index (χ3v) is 5.84. The van der Waals surface area contributed by atoms with Gasteiger partial charge in [0.15, 0.2) is 5.96 Å². The number of nitrogens with zero attached hydrogens (tertiary/aromatic N) is 3. The SMILES string of the molecule is CCNC(=NCC(c1ccco1)N(C)C)NC1CCN(Cc2ccccc2)C(C)C1. The summed E-state index contributed by atoms with van der Waals surface area (Å²) >= 11 is 0. The lowest BCUT2D eigenvalue weighted by molar-refractivity contribution is 0.134. The maximum absolute atomic E-state index is 5.62. The zero-order valence-corrected chi connectivity index (χ0v) is 18.8. The van der Waals surface area contributed by atoms with Gasteiger partial charge in [-0.2, -0.15) is 0 Å². The van der Waals surface area contributed by atoms with Gasteiger partial charge in [0.05, 0.1) is 18.8 Å². The Hall–Kier alpha value is -2.31. The molecule has 1 fully saturated rings. The van der Waals surface area contributed by atoms with E-state index in [2.05, 4.69) is 78.7 Å². The van der Waals surface area contributed by atoms with Crippen molar-refractivity contribution < 1.29 is 4.42 Å². The van der Waals surface area contributed by atoms with Crippen LogP contribution in [-0.4, -0.2) is 61.6 Å². The lowest BCUT2D eigenvalue weighted by Crippen LogP contribution is -2.51. The van der Waals surface area contributed by atoms with Crippen LogP contribution in [0.3, 0.4) is 0 Å².